The zero-order valence-corrected chi connectivity index (χ0v) is 21.6. The number of anilines is 3. The Hall–Kier alpha value is -3.21. The maximum absolute atomic E-state index is 12.4. The summed E-state index contributed by atoms with van der Waals surface area (Å²) in [5, 5.41) is 9.71. The van der Waals surface area contributed by atoms with Gasteiger partial charge in [-0.2, -0.15) is 13.5 Å². The van der Waals surface area contributed by atoms with Crippen molar-refractivity contribution in [1.29, 1.82) is 0 Å². The predicted molar refractivity (Wildman–Crippen MR) is 148 cm³/mol. The van der Waals surface area contributed by atoms with Crippen molar-refractivity contribution in [1.82, 2.24) is 30.1 Å². The number of rotatable bonds is 0. The number of piperazine rings is 1. The molecule has 5 aliphatic rings. The Balaban J connectivity index is 0.00000304. The van der Waals surface area contributed by atoms with Crippen LogP contribution >= 0.6 is 13.5 Å². The molecule has 1 aromatic carbocycles. The first-order chi connectivity index (χ1) is 17.1. The van der Waals surface area contributed by atoms with E-state index in [-0.39, 0.29) is 25.4 Å². The zero-order valence-electron chi connectivity index (χ0n) is 20.6. The van der Waals surface area contributed by atoms with E-state index in [1.54, 1.807) is 6.20 Å². The van der Waals surface area contributed by atoms with Gasteiger partial charge in [-0.05, 0) is 48.7 Å². The van der Waals surface area contributed by atoms with Gasteiger partial charge in [-0.25, -0.2) is 15.0 Å². The fraction of sp³-hybridized carbons (Fsp3) is 0.385. The molecule has 0 saturated carbocycles. The second-order valence-electron chi connectivity index (χ2n) is 9.09. The first kappa shape index (κ1) is 25.9. The minimum absolute atomic E-state index is 0. The lowest BCUT2D eigenvalue weighted by atomic mass is 10.0. The molecule has 1 atom stereocenters. The lowest BCUT2D eigenvalue weighted by Crippen LogP contribution is -2.50. The molecule has 0 aliphatic carbocycles. The Morgan fingerprint density at radius 1 is 0.917 bits per heavy atom. The molecule has 1 unspecified atom stereocenters. The molecule has 1 saturated heterocycles. The van der Waals surface area contributed by atoms with Crippen LogP contribution < -0.4 is 16.0 Å². The topological polar surface area (TPSA) is 98.3 Å². The fourth-order valence-electron chi connectivity index (χ4n) is 4.57. The number of carbonyl (C=O) groups excluding carboxylic acids is 1. The van der Waals surface area contributed by atoms with Crippen LogP contribution in [0.4, 0.5) is 17.5 Å². The largest absolute Gasteiger partial charge is 0.355 e. The van der Waals surface area contributed by atoms with Gasteiger partial charge in [0.2, 0.25) is 11.9 Å². The third kappa shape index (κ3) is 6.51. The van der Waals surface area contributed by atoms with Crippen LogP contribution in [0.3, 0.4) is 0 Å². The van der Waals surface area contributed by atoms with Gasteiger partial charge < -0.3 is 16.0 Å². The second-order valence-corrected chi connectivity index (χ2v) is 9.09. The molecule has 1 fully saturated rings. The van der Waals surface area contributed by atoms with Crippen LogP contribution in [0.5, 0.6) is 0 Å². The van der Waals surface area contributed by atoms with Crippen molar-refractivity contribution in [2.75, 3.05) is 56.4 Å². The molecule has 36 heavy (non-hydrogen) atoms. The van der Waals surface area contributed by atoms with Gasteiger partial charge in [0.1, 0.15) is 5.82 Å². The highest BCUT2D eigenvalue weighted by Gasteiger charge is 2.23. The highest BCUT2D eigenvalue weighted by atomic mass is 32.1. The summed E-state index contributed by atoms with van der Waals surface area (Å²) in [7, 11) is 0. The first-order valence-electron chi connectivity index (χ1n) is 12.3. The summed E-state index contributed by atoms with van der Waals surface area (Å²) >= 11 is 0. The number of carbonyl (C=O) groups is 1. The highest BCUT2D eigenvalue weighted by Crippen LogP contribution is 2.27. The number of pyridine rings is 1. The number of nitrogens with zero attached hydrogens (tertiary/aromatic N) is 5. The third-order valence-electron chi connectivity index (χ3n) is 6.67. The molecule has 190 valence electrons. The van der Waals surface area contributed by atoms with Crippen LogP contribution in [0, 0.1) is 0 Å². The Morgan fingerprint density at radius 2 is 1.69 bits per heavy atom. The molecule has 2 aromatic heterocycles. The summed E-state index contributed by atoms with van der Waals surface area (Å²) in [4.78, 5) is 30.5. The summed E-state index contributed by atoms with van der Waals surface area (Å²) < 4.78 is 0. The number of amides is 1. The van der Waals surface area contributed by atoms with Crippen LogP contribution in [0.1, 0.15) is 24.9 Å². The molecular weight excluding hydrogens is 472 g/mol. The van der Waals surface area contributed by atoms with Crippen LogP contribution in [0.25, 0.3) is 11.1 Å². The van der Waals surface area contributed by atoms with Crippen molar-refractivity contribution in [3.05, 3.63) is 60.6 Å². The molecule has 0 spiro atoms. The van der Waals surface area contributed by atoms with E-state index in [2.05, 4.69) is 71.9 Å². The minimum Gasteiger partial charge on any atom is -0.355 e. The number of nitrogens with one attached hydrogen (secondary N) is 3. The lowest BCUT2D eigenvalue weighted by Gasteiger charge is -2.38. The van der Waals surface area contributed by atoms with Crippen molar-refractivity contribution in [3.63, 3.8) is 0 Å². The summed E-state index contributed by atoms with van der Waals surface area (Å²) in [6, 6.07) is 12.8. The van der Waals surface area contributed by atoms with Gasteiger partial charge in [-0.15, -0.1) is 0 Å². The molecule has 9 nitrogen and oxygen atoms in total. The number of hydrogen-bond acceptors (Lipinski definition) is 8. The minimum atomic E-state index is 0. The molecule has 3 N–H and O–H groups in total. The molecular formula is C26H34N8OS. The van der Waals surface area contributed by atoms with E-state index < -0.39 is 0 Å². The smallest absolute Gasteiger partial charge is 0.234 e. The Bertz CT molecular complexity index is 1150. The molecule has 3 aromatic rings. The SMILES string of the molecule is CC1c2cccc(c2)Nc2cc(ccn2)-c2cnc(nc2)NCCCNC(=O)CN2CCN1CC2.S. The van der Waals surface area contributed by atoms with Gasteiger partial charge in [0.15, 0.2) is 0 Å². The average Bonchev–Trinajstić information content (AvgIpc) is 2.89. The molecule has 8 bridgehead atoms. The van der Waals surface area contributed by atoms with Gasteiger partial charge in [-0.3, -0.25) is 14.6 Å². The second kappa shape index (κ2) is 12.2. The predicted octanol–water partition coefficient (Wildman–Crippen LogP) is 3.01. The van der Waals surface area contributed by atoms with Crippen molar-refractivity contribution in [2.24, 2.45) is 0 Å². The summed E-state index contributed by atoms with van der Waals surface area (Å²) in [5.74, 6) is 1.44. The maximum Gasteiger partial charge on any atom is 0.234 e. The molecule has 8 rings (SSSR count). The third-order valence-corrected chi connectivity index (χ3v) is 6.67. The van der Waals surface area contributed by atoms with Crippen molar-refractivity contribution in [3.8, 4) is 11.1 Å². The number of hydrogen-bond donors (Lipinski definition) is 3. The number of benzene rings is 1. The number of aromatic nitrogens is 3. The van der Waals surface area contributed by atoms with Gasteiger partial charge in [-0.1, -0.05) is 12.1 Å². The van der Waals surface area contributed by atoms with Gasteiger partial charge in [0.25, 0.3) is 0 Å². The Morgan fingerprint density at radius 3 is 2.50 bits per heavy atom. The summed E-state index contributed by atoms with van der Waals surface area (Å²) in [5.41, 5.74) is 4.18. The molecule has 7 heterocycles. The van der Waals surface area contributed by atoms with Crippen molar-refractivity contribution >= 4 is 36.9 Å². The van der Waals surface area contributed by atoms with Crippen LogP contribution in [-0.2, 0) is 4.79 Å². The quantitative estimate of drug-likeness (QED) is 0.428. The van der Waals surface area contributed by atoms with Crippen molar-refractivity contribution < 1.29 is 4.79 Å². The van der Waals surface area contributed by atoms with E-state index in [9.17, 15) is 4.79 Å². The maximum atomic E-state index is 12.4. The van der Waals surface area contributed by atoms with Crippen LogP contribution in [0.2, 0.25) is 0 Å². The summed E-state index contributed by atoms with van der Waals surface area (Å²) in [6.07, 6.45) is 6.23. The fourth-order valence-corrected chi connectivity index (χ4v) is 4.57. The molecule has 1 amide bonds. The zero-order chi connectivity index (χ0) is 24.0. The van der Waals surface area contributed by atoms with Crippen LogP contribution in [0.15, 0.2) is 55.0 Å². The van der Waals surface area contributed by atoms with Crippen molar-refractivity contribution in [2.45, 2.75) is 19.4 Å². The van der Waals surface area contributed by atoms with E-state index in [0.717, 1.165) is 55.2 Å². The molecule has 0 radical (unpaired) electrons. The van der Waals surface area contributed by atoms with Gasteiger partial charge >= 0.3 is 0 Å². The average molecular weight is 507 g/mol. The molecule has 5 aliphatic heterocycles. The Labute approximate surface area is 219 Å². The van der Waals surface area contributed by atoms with Crippen LogP contribution in [-0.4, -0.2) is 76.5 Å². The monoisotopic (exact) mass is 506 g/mol. The van der Waals surface area contributed by atoms with E-state index in [1.807, 2.05) is 24.5 Å². The normalized spacial score (nSPS) is 22.5. The van der Waals surface area contributed by atoms with Gasteiger partial charge in [0, 0.05) is 75.2 Å². The standard InChI is InChI=1S/C26H32N8O.H2S/c1-19-20-4-2-5-23(14-20)32-24-15-21(6-9-27-24)22-16-30-26(31-17-22)29-8-3-7-28-25(35)18-33-10-12-34(19)13-11-33;/h2,4-6,9,14-17,19H,3,7-8,10-13,18H2,1H3,(H,27,32)(H,28,35)(H,29,30,31);1H2. The van der Waals surface area contributed by atoms with E-state index >= 15 is 0 Å². The highest BCUT2D eigenvalue weighted by molar-refractivity contribution is 7.59. The van der Waals surface area contributed by atoms with Gasteiger partial charge in [0.05, 0.1) is 6.54 Å². The van der Waals surface area contributed by atoms with E-state index in [0.29, 0.717) is 25.6 Å². The summed E-state index contributed by atoms with van der Waals surface area (Å²) in [6.45, 7) is 7.68. The lowest BCUT2D eigenvalue weighted by molar-refractivity contribution is -0.122. The first-order valence-corrected chi connectivity index (χ1v) is 12.3. The Kier molecular flexibility index (Phi) is 8.74. The van der Waals surface area contributed by atoms with E-state index in [4.69, 9.17) is 0 Å². The van der Waals surface area contributed by atoms with E-state index in [1.165, 1.54) is 5.56 Å². The molecule has 10 heteroatoms.